The first-order valence-electron chi connectivity index (χ1n) is 7.90. The number of carboxylic acid groups (broad SMARTS) is 1. The number of carbonyl (C=O) groups excluding carboxylic acids is 1. The lowest BCUT2D eigenvalue weighted by atomic mass is 9.82. The van der Waals surface area contributed by atoms with Crippen LogP contribution in [0, 0.1) is 17.3 Å². The molecule has 1 fully saturated rings. The normalized spacial score (nSPS) is 25.1. The van der Waals surface area contributed by atoms with Crippen LogP contribution in [0.2, 0.25) is 0 Å². The zero-order chi connectivity index (χ0) is 15.9. The molecule has 1 aliphatic rings. The Kier molecular flexibility index (Phi) is 7.15. The topological polar surface area (TPSA) is 72.8 Å². The molecule has 0 aromatic rings. The molecule has 1 aliphatic carbocycles. The van der Waals surface area contributed by atoms with Crippen molar-refractivity contribution in [2.45, 2.75) is 52.9 Å². The predicted molar refractivity (Wildman–Crippen MR) is 78.9 cm³/mol. The fourth-order valence-electron chi connectivity index (χ4n) is 2.64. The largest absolute Gasteiger partial charge is 0.481 e. The lowest BCUT2D eigenvalue weighted by Crippen LogP contribution is -2.35. The third-order valence-electron chi connectivity index (χ3n) is 4.52. The lowest BCUT2D eigenvalue weighted by Gasteiger charge is -2.29. The summed E-state index contributed by atoms with van der Waals surface area (Å²) in [6, 6.07) is 0. The van der Waals surface area contributed by atoms with Gasteiger partial charge in [-0.15, -0.1) is 0 Å². The summed E-state index contributed by atoms with van der Waals surface area (Å²) >= 11 is 0. The van der Waals surface area contributed by atoms with E-state index in [4.69, 9.17) is 14.6 Å². The molecule has 0 amide bonds. The van der Waals surface area contributed by atoms with Gasteiger partial charge in [0, 0.05) is 6.61 Å². The average molecular weight is 300 g/mol. The van der Waals surface area contributed by atoms with Crippen LogP contribution in [0.5, 0.6) is 0 Å². The Bertz CT molecular complexity index is 347. The van der Waals surface area contributed by atoms with Crippen molar-refractivity contribution in [3.63, 3.8) is 0 Å². The Hall–Kier alpha value is -1.10. The van der Waals surface area contributed by atoms with Gasteiger partial charge in [-0.1, -0.05) is 6.92 Å². The smallest absolute Gasteiger partial charge is 0.314 e. The minimum atomic E-state index is -0.685. The van der Waals surface area contributed by atoms with E-state index in [1.165, 1.54) is 0 Å². The van der Waals surface area contributed by atoms with Crippen molar-refractivity contribution in [1.29, 1.82) is 0 Å². The van der Waals surface area contributed by atoms with Gasteiger partial charge in [0.1, 0.15) is 0 Å². The SMILES string of the molecule is CCOC(=O)C(C)(CC)COCC1CCC(C(=O)O)CC1. The minimum absolute atomic E-state index is 0.193. The molecule has 21 heavy (non-hydrogen) atoms. The summed E-state index contributed by atoms with van der Waals surface area (Å²) in [5.41, 5.74) is -0.589. The molecule has 1 rings (SSSR count). The van der Waals surface area contributed by atoms with Gasteiger partial charge in [-0.3, -0.25) is 9.59 Å². The molecule has 1 N–H and O–H groups in total. The molecule has 1 unspecified atom stereocenters. The van der Waals surface area contributed by atoms with Gasteiger partial charge in [0.2, 0.25) is 0 Å². The van der Waals surface area contributed by atoms with E-state index in [2.05, 4.69) is 0 Å². The third-order valence-corrected chi connectivity index (χ3v) is 4.52. The Morgan fingerprint density at radius 1 is 1.19 bits per heavy atom. The second-order valence-corrected chi connectivity index (χ2v) is 6.21. The van der Waals surface area contributed by atoms with Crippen molar-refractivity contribution in [2.24, 2.45) is 17.3 Å². The van der Waals surface area contributed by atoms with E-state index in [0.717, 1.165) is 25.7 Å². The second-order valence-electron chi connectivity index (χ2n) is 6.21. The Morgan fingerprint density at radius 3 is 2.29 bits per heavy atom. The molecular weight excluding hydrogens is 272 g/mol. The molecule has 5 nitrogen and oxygen atoms in total. The van der Waals surface area contributed by atoms with Gasteiger partial charge in [-0.25, -0.2) is 0 Å². The van der Waals surface area contributed by atoms with Crippen LogP contribution in [0.3, 0.4) is 0 Å². The average Bonchev–Trinajstić information content (AvgIpc) is 2.47. The maximum absolute atomic E-state index is 11.9. The van der Waals surface area contributed by atoms with Crippen molar-refractivity contribution >= 4 is 11.9 Å². The molecule has 5 heteroatoms. The summed E-state index contributed by atoms with van der Waals surface area (Å²) in [4.78, 5) is 22.8. The van der Waals surface area contributed by atoms with E-state index < -0.39 is 11.4 Å². The summed E-state index contributed by atoms with van der Waals surface area (Å²) < 4.78 is 10.8. The number of carbonyl (C=O) groups is 2. The molecule has 0 heterocycles. The van der Waals surface area contributed by atoms with E-state index in [0.29, 0.717) is 32.2 Å². The standard InChI is InChI=1S/C16H28O5/c1-4-16(3,15(19)21-5-2)11-20-10-12-6-8-13(9-7-12)14(17)18/h12-13H,4-11H2,1-3H3,(H,17,18). The summed E-state index contributed by atoms with van der Waals surface area (Å²) in [6.07, 6.45) is 3.91. The van der Waals surface area contributed by atoms with E-state index >= 15 is 0 Å². The molecular formula is C16H28O5. The molecule has 0 aromatic carbocycles. The number of rotatable bonds is 8. The van der Waals surface area contributed by atoms with Crippen molar-refractivity contribution in [2.75, 3.05) is 19.8 Å². The summed E-state index contributed by atoms with van der Waals surface area (Å²) in [5, 5.41) is 8.97. The summed E-state index contributed by atoms with van der Waals surface area (Å²) in [6.45, 7) is 6.97. The molecule has 1 atom stereocenters. The highest BCUT2D eigenvalue weighted by molar-refractivity contribution is 5.76. The van der Waals surface area contributed by atoms with Gasteiger partial charge in [-0.2, -0.15) is 0 Å². The van der Waals surface area contributed by atoms with Crippen LogP contribution < -0.4 is 0 Å². The third kappa shape index (κ3) is 5.30. The van der Waals surface area contributed by atoms with E-state index in [9.17, 15) is 9.59 Å². The number of hydrogen-bond donors (Lipinski definition) is 1. The second kappa shape index (κ2) is 8.37. The van der Waals surface area contributed by atoms with Gasteiger partial charge in [-0.05, 0) is 51.9 Å². The van der Waals surface area contributed by atoms with Gasteiger partial charge >= 0.3 is 11.9 Å². The Labute approximate surface area is 127 Å². The highest BCUT2D eigenvalue weighted by Crippen LogP contribution is 2.30. The number of esters is 1. The molecule has 0 aliphatic heterocycles. The van der Waals surface area contributed by atoms with Crippen molar-refractivity contribution < 1.29 is 24.2 Å². The minimum Gasteiger partial charge on any atom is -0.481 e. The molecule has 0 aromatic heterocycles. The molecule has 0 radical (unpaired) electrons. The Balaban J connectivity index is 2.32. The lowest BCUT2D eigenvalue weighted by molar-refractivity contribution is -0.159. The molecule has 1 saturated carbocycles. The number of aliphatic carboxylic acids is 1. The van der Waals surface area contributed by atoms with Crippen LogP contribution in [0.15, 0.2) is 0 Å². The quantitative estimate of drug-likeness (QED) is 0.698. The van der Waals surface area contributed by atoms with Crippen LogP contribution in [-0.2, 0) is 19.1 Å². The van der Waals surface area contributed by atoms with Crippen molar-refractivity contribution in [1.82, 2.24) is 0 Å². The Morgan fingerprint density at radius 2 is 1.81 bits per heavy atom. The van der Waals surface area contributed by atoms with Gasteiger partial charge in [0.05, 0.1) is 24.5 Å². The number of ether oxygens (including phenoxy) is 2. The van der Waals surface area contributed by atoms with Crippen LogP contribution in [0.25, 0.3) is 0 Å². The van der Waals surface area contributed by atoms with Crippen molar-refractivity contribution in [3.05, 3.63) is 0 Å². The van der Waals surface area contributed by atoms with Gasteiger partial charge < -0.3 is 14.6 Å². The zero-order valence-electron chi connectivity index (χ0n) is 13.4. The molecule has 0 spiro atoms. The van der Waals surface area contributed by atoms with Crippen LogP contribution in [-0.4, -0.2) is 36.9 Å². The first-order valence-corrected chi connectivity index (χ1v) is 7.90. The fourth-order valence-corrected chi connectivity index (χ4v) is 2.64. The maximum Gasteiger partial charge on any atom is 0.314 e. The monoisotopic (exact) mass is 300 g/mol. The number of carboxylic acids is 1. The maximum atomic E-state index is 11.9. The summed E-state index contributed by atoms with van der Waals surface area (Å²) in [5.74, 6) is -0.678. The van der Waals surface area contributed by atoms with E-state index in [-0.39, 0.29) is 11.9 Å². The van der Waals surface area contributed by atoms with E-state index in [1.807, 2.05) is 13.8 Å². The highest BCUT2D eigenvalue weighted by atomic mass is 16.5. The molecule has 0 bridgehead atoms. The first kappa shape index (κ1) is 18.0. The fraction of sp³-hybridized carbons (Fsp3) is 0.875. The first-order chi connectivity index (χ1) is 9.92. The summed E-state index contributed by atoms with van der Waals surface area (Å²) in [7, 11) is 0. The van der Waals surface area contributed by atoms with Crippen molar-refractivity contribution in [3.8, 4) is 0 Å². The van der Waals surface area contributed by atoms with Gasteiger partial charge in [0.25, 0.3) is 0 Å². The van der Waals surface area contributed by atoms with Gasteiger partial charge in [0.15, 0.2) is 0 Å². The van der Waals surface area contributed by atoms with E-state index in [1.54, 1.807) is 6.92 Å². The van der Waals surface area contributed by atoms with Crippen LogP contribution in [0.1, 0.15) is 52.9 Å². The highest BCUT2D eigenvalue weighted by Gasteiger charge is 2.34. The number of hydrogen-bond acceptors (Lipinski definition) is 4. The predicted octanol–water partition coefficient (Wildman–Crippen LogP) is 2.87. The molecule has 122 valence electrons. The van der Waals surface area contributed by atoms with Crippen LogP contribution in [0.4, 0.5) is 0 Å². The zero-order valence-corrected chi connectivity index (χ0v) is 13.4. The van der Waals surface area contributed by atoms with Crippen LogP contribution >= 0.6 is 0 Å². The molecule has 0 saturated heterocycles.